The van der Waals surface area contributed by atoms with E-state index in [0.717, 1.165) is 16.9 Å². The summed E-state index contributed by atoms with van der Waals surface area (Å²) >= 11 is 0. The van der Waals surface area contributed by atoms with E-state index in [4.69, 9.17) is 14.7 Å². The molecule has 0 aliphatic heterocycles. The number of carbonyl (C=O) groups excluding carboxylic acids is 2. The van der Waals surface area contributed by atoms with Crippen LogP contribution in [0.2, 0.25) is 0 Å². The van der Waals surface area contributed by atoms with Crippen molar-refractivity contribution in [3.63, 3.8) is 0 Å². The molecule has 2 aromatic carbocycles. The molecule has 0 fully saturated rings. The third-order valence-electron chi connectivity index (χ3n) is 3.94. The van der Waals surface area contributed by atoms with Crippen LogP contribution in [-0.2, 0) is 20.7 Å². The number of hydrogen-bond acceptors (Lipinski definition) is 5. The van der Waals surface area contributed by atoms with Gasteiger partial charge in [-0.3, -0.25) is 4.79 Å². The van der Waals surface area contributed by atoms with Gasteiger partial charge in [0.05, 0.1) is 18.2 Å². The van der Waals surface area contributed by atoms with Gasteiger partial charge in [0.15, 0.2) is 13.2 Å². The smallest absolute Gasteiger partial charge is 0.344 e. The minimum Gasteiger partial charge on any atom is -0.482 e. The second kappa shape index (κ2) is 10.7. The largest absolute Gasteiger partial charge is 0.482 e. The van der Waals surface area contributed by atoms with Gasteiger partial charge in [-0.15, -0.1) is 0 Å². The van der Waals surface area contributed by atoms with E-state index in [0.29, 0.717) is 5.75 Å². The lowest BCUT2D eigenvalue weighted by Crippen LogP contribution is -2.36. The first kappa shape index (κ1) is 20.9. The fourth-order valence-corrected chi connectivity index (χ4v) is 2.44. The maximum absolute atomic E-state index is 14.0. The molecule has 0 aromatic heterocycles. The molecule has 2 rings (SSSR count). The van der Waals surface area contributed by atoms with E-state index in [9.17, 15) is 14.0 Å². The van der Waals surface area contributed by atoms with Crippen molar-refractivity contribution in [3.05, 3.63) is 59.9 Å². The number of amides is 1. The molecule has 6 nitrogen and oxygen atoms in total. The van der Waals surface area contributed by atoms with Crippen LogP contribution in [-0.4, -0.2) is 31.6 Å². The van der Waals surface area contributed by atoms with E-state index in [1.165, 1.54) is 18.2 Å². The number of rotatable bonds is 9. The molecule has 2 aromatic rings. The second-order valence-corrected chi connectivity index (χ2v) is 5.85. The predicted molar refractivity (Wildman–Crippen MR) is 101 cm³/mol. The number of carbonyl (C=O) groups is 2. The van der Waals surface area contributed by atoms with Gasteiger partial charge in [0.1, 0.15) is 11.6 Å². The Morgan fingerprint density at radius 1 is 1.11 bits per heavy atom. The molecule has 28 heavy (non-hydrogen) atoms. The van der Waals surface area contributed by atoms with Crippen LogP contribution in [0.3, 0.4) is 0 Å². The molecule has 0 N–H and O–H groups in total. The number of nitriles is 1. The van der Waals surface area contributed by atoms with Crippen LogP contribution in [0.5, 0.6) is 5.75 Å². The number of benzene rings is 2. The molecule has 0 radical (unpaired) electrons. The van der Waals surface area contributed by atoms with Gasteiger partial charge in [-0.25, -0.2) is 9.18 Å². The summed E-state index contributed by atoms with van der Waals surface area (Å²) in [6.07, 6.45) is 0.916. The first-order valence-electron chi connectivity index (χ1n) is 8.84. The van der Waals surface area contributed by atoms with E-state index in [1.807, 2.05) is 25.1 Å². The van der Waals surface area contributed by atoms with Crippen molar-refractivity contribution in [2.45, 2.75) is 19.8 Å². The van der Waals surface area contributed by atoms with Crippen molar-refractivity contribution in [2.24, 2.45) is 0 Å². The Balaban J connectivity index is 1.89. The molecule has 0 saturated heterocycles. The maximum Gasteiger partial charge on any atom is 0.344 e. The Bertz CT molecular complexity index is 846. The van der Waals surface area contributed by atoms with E-state index in [1.54, 1.807) is 18.2 Å². The van der Waals surface area contributed by atoms with Crippen molar-refractivity contribution in [2.75, 3.05) is 24.7 Å². The lowest BCUT2D eigenvalue weighted by atomic mass is 10.2. The van der Waals surface area contributed by atoms with Crippen LogP contribution >= 0.6 is 0 Å². The van der Waals surface area contributed by atoms with Crippen molar-refractivity contribution >= 4 is 17.6 Å². The number of halogens is 1. The van der Waals surface area contributed by atoms with Gasteiger partial charge in [0.25, 0.3) is 5.91 Å². The van der Waals surface area contributed by atoms with E-state index < -0.39 is 24.3 Å². The average molecular weight is 384 g/mol. The highest BCUT2D eigenvalue weighted by molar-refractivity contribution is 5.95. The molecule has 0 bridgehead atoms. The van der Waals surface area contributed by atoms with Crippen molar-refractivity contribution < 1.29 is 23.5 Å². The summed E-state index contributed by atoms with van der Waals surface area (Å²) in [4.78, 5) is 25.3. The van der Waals surface area contributed by atoms with Crippen LogP contribution in [0.4, 0.5) is 10.1 Å². The Labute approximate surface area is 163 Å². The number of ether oxygens (including phenoxy) is 2. The Morgan fingerprint density at radius 2 is 1.82 bits per heavy atom. The van der Waals surface area contributed by atoms with Crippen LogP contribution in [0, 0.1) is 17.1 Å². The van der Waals surface area contributed by atoms with Crippen molar-refractivity contribution in [1.82, 2.24) is 0 Å². The molecular weight excluding hydrogens is 363 g/mol. The molecule has 0 atom stereocenters. The zero-order valence-electron chi connectivity index (χ0n) is 15.6. The Kier molecular flexibility index (Phi) is 7.97. The monoisotopic (exact) mass is 384 g/mol. The highest BCUT2D eigenvalue weighted by atomic mass is 19.1. The highest BCUT2D eigenvalue weighted by Gasteiger charge is 2.20. The van der Waals surface area contributed by atoms with Crippen LogP contribution in [0.15, 0.2) is 48.5 Å². The summed E-state index contributed by atoms with van der Waals surface area (Å²) in [6, 6.07) is 14.9. The fourth-order valence-electron chi connectivity index (χ4n) is 2.44. The number of hydrogen-bond donors (Lipinski definition) is 0. The van der Waals surface area contributed by atoms with E-state index in [2.05, 4.69) is 0 Å². The van der Waals surface area contributed by atoms with Crippen LogP contribution in [0.25, 0.3) is 0 Å². The zero-order valence-corrected chi connectivity index (χ0v) is 15.6. The highest BCUT2D eigenvalue weighted by Crippen LogP contribution is 2.19. The Morgan fingerprint density at radius 3 is 2.46 bits per heavy atom. The zero-order chi connectivity index (χ0) is 20.4. The van der Waals surface area contributed by atoms with Crippen molar-refractivity contribution in [3.8, 4) is 11.8 Å². The standard InChI is InChI=1S/C21H21FN2O4/c1-2-16-8-10-17(11-9-16)27-15-21(26)28-14-20(25)24(13-5-12-23)19-7-4-3-6-18(19)22/h3-4,6-11H,2,5,13-15H2,1H3. The molecular formula is C21H21FN2O4. The lowest BCUT2D eigenvalue weighted by molar-refractivity contribution is -0.149. The normalized spacial score (nSPS) is 10.0. The topological polar surface area (TPSA) is 79.6 Å². The molecule has 1 amide bonds. The quantitative estimate of drug-likeness (QED) is 0.620. The first-order chi connectivity index (χ1) is 13.5. The summed E-state index contributed by atoms with van der Waals surface area (Å²) in [5.74, 6) is -1.43. The number of nitrogens with zero attached hydrogens (tertiary/aromatic N) is 2. The predicted octanol–water partition coefficient (Wildman–Crippen LogP) is 3.26. The summed E-state index contributed by atoms with van der Waals surface area (Å²) in [5.41, 5.74) is 1.18. The first-order valence-corrected chi connectivity index (χ1v) is 8.84. The molecule has 146 valence electrons. The minimum atomic E-state index is -0.721. The number of para-hydroxylation sites is 1. The molecule has 0 aliphatic rings. The van der Waals surface area contributed by atoms with Gasteiger partial charge in [-0.1, -0.05) is 31.2 Å². The molecule has 0 unspecified atom stereocenters. The summed E-state index contributed by atoms with van der Waals surface area (Å²) in [5, 5.41) is 8.76. The maximum atomic E-state index is 14.0. The lowest BCUT2D eigenvalue weighted by Gasteiger charge is -2.22. The summed E-state index contributed by atoms with van der Waals surface area (Å²) in [6.45, 7) is 1.10. The molecule has 0 spiro atoms. The molecule has 0 heterocycles. The van der Waals surface area contributed by atoms with E-state index in [-0.39, 0.29) is 25.3 Å². The number of anilines is 1. The van der Waals surface area contributed by atoms with Gasteiger partial charge in [-0.05, 0) is 36.2 Å². The van der Waals surface area contributed by atoms with Crippen LogP contribution in [0.1, 0.15) is 18.9 Å². The van der Waals surface area contributed by atoms with Gasteiger partial charge in [0, 0.05) is 6.54 Å². The molecule has 0 saturated carbocycles. The van der Waals surface area contributed by atoms with Gasteiger partial charge < -0.3 is 14.4 Å². The Hall–Kier alpha value is -3.40. The second-order valence-electron chi connectivity index (χ2n) is 5.85. The van der Waals surface area contributed by atoms with Gasteiger partial charge in [0.2, 0.25) is 0 Å². The number of esters is 1. The third kappa shape index (κ3) is 6.09. The average Bonchev–Trinajstić information content (AvgIpc) is 2.72. The molecule has 0 aliphatic carbocycles. The summed E-state index contributed by atoms with van der Waals surface area (Å²) < 4.78 is 24.2. The van der Waals surface area contributed by atoms with Gasteiger partial charge >= 0.3 is 5.97 Å². The number of aryl methyl sites for hydroxylation is 1. The fraction of sp³-hybridized carbons (Fsp3) is 0.286. The van der Waals surface area contributed by atoms with Crippen molar-refractivity contribution in [1.29, 1.82) is 5.26 Å². The summed E-state index contributed by atoms with van der Waals surface area (Å²) in [7, 11) is 0. The molecule has 7 heteroatoms. The van der Waals surface area contributed by atoms with Gasteiger partial charge in [-0.2, -0.15) is 5.26 Å². The minimum absolute atomic E-state index is 0.00586. The SMILES string of the molecule is CCc1ccc(OCC(=O)OCC(=O)N(CCC#N)c2ccccc2F)cc1. The third-order valence-corrected chi connectivity index (χ3v) is 3.94. The van der Waals surface area contributed by atoms with Crippen LogP contribution < -0.4 is 9.64 Å². The van der Waals surface area contributed by atoms with E-state index >= 15 is 0 Å².